The molecule has 0 amide bonds. The normalized spacial score (nSPS) is 11.9. The van der Waals surface area contributed by atoms with Crippen LogP contribution in [0.2, 0.25) is 0 Å². The summed E-state index contributed by atoms with van der Waals surface area (Å²) < 4.78 is 13.3. The van der Waals surface area contributed by atoms with E-state index in [1.807, 2.05) is 31.2 Å². The highest BCUT2D eigenvalue weighted by atomic mass is 19.1. The lowest BCUT2D eigenvalue weighted by molar-refractivity contribution is -0.138. The molecular weight excluding hydrogens is 257 g/mol. The number of para-hydroxylation sites is 1. The summed E-state index contributed by atoms with van der Waals surface area (Å²) in [6.07, 6.45) is 0. The van der Waals surface area contributed by atoms with Crippen molar-refractivity contribution in [2.75, 3.05) is 5.32 Å². The standard InChI is InChI=1S/C16H16FNO2/c1-10-5-3-4-6-14(10)18-15(16(19)20)12-7-8-13(17)11(2)9-12/h3-9,15,18H,1-2H3,(H,19,20). The minimum atomic E-state index is -1.00. The Kier molecular flexibility index (Phi) is 4.03. The third-order valence-corrected chi connectivity index (χ3v) is 3.21. The molecule has 4 heteroatoms. The molecule has 0 aliphatic carbocycles. The number of nitrogens with one attached hydrogen (secondary N) is 1. The van der Waals surface area contributed by atoms with Crippen molar-refractivity contribution in [3.63, 3.8) is 0 Å². The highest BCUT2D eigenvalue weighted by Gasteiger charge is 2.20. The molecule has 104 valence electrons. The maximum atomic E-state index is 13.3. The number of carbonyl (C=O) groups is 1. The molecule has 0 aromatic heterocycles. The third kappa shape index (κ3) is 2.96. The number of carboxylic acids is 1. The maximum Gasteiger partial charge on any atom is 0.330 e. The van der Waals surface area contributed by atoms with Gasteiger partial charge in [0, 0.05) is 5.69 Å². The first-order valence-electron chi connectivity index (χ1n) is 6.30. The lowest BCUT2D eigenvalue weighted by Crippen LogP contribution is -2.21. The van der Waals surface area contributed by atoms with Crippen LogP contribution in [-0.4, -0.2) is 11.1 Å². The minimum absolute atomic E-state index is 0.339. The molecule has 0 spiro atoms. The first-order valence-corrected chi connectivity index (χ1v) is 6.30. The van der Waals surface area contributed by atoms with Crippen LogP contribution >= 0.6 is 0 Å². The summed E-state index contributed by atoms with van der Waals surface area (Å²) in [7, 11) is 0. The van der Waals surface area contributed by atoms with Gasteiger partial charge in [-0.1, -0.05) is 30.3 Å². The number of aliphatic carboxylic acids is 1. The van der Waals surface area contributed by atoms with E-state index in [0.29, 0.717) is 11.1 Å². The van der Waals surface area contributed by atoms with Gasteiger partial charge in [0.25, 0.3) is 0 Å². The van der Waals surface area contributed by atoms with Gasteiger partial charge < -0.3 is 10.4 Å². The van der Waals surface area contributed by atoms with Crippen LogP contribution in [0.4, 0.5) is 10.1 Å². The molecule has 0 fully saturated rings. The Morgan fingerprint density at radius 1 is 1.15 bits per heavy atom. The average Bonchev–Trinajstić information content (AvgIpc) is 2.41. The van der Waals surface area contributed by atoms with Crippen LogP contribution in [0.5, 0.6) is 0 Å². The van der Waals surface area contributed by atoms with Crippen molar-refractivity contribution in [2.24, 2.45) is 0 Å². The van der Waals surface area contributed by atoms with Crippen LogP contribution in [0.15, 0.2) is 42.5 Å². The summed E-state index contributed by atoms with van der Waals surface area (Å²) in [5, 5.41) is 12.4. The van der Waals surface area contributed by atoms with E-state index in [1.54, 1.807) is 13.0 Å². The van der Waals surface area contributed by atoms with Crippen molar-refractivity contribution in [1.82, 2.24) is 0 Å². The van der Waals surface area contributed by atoms with E-state index in [1.165, 1.54) is 12.1 Å². The molecule has 20 heavy (non-hydrogen) atoms. The van der Waals surface area contributed by atoms with Gasteiger partial charge in [0.1, 0.15) is 5.82 Å². The summed E-state index contributed by atoms with van der Waals surface area (Å²) in [5.74, 6) is -1.34. The molecule has 2 rings (SSSR count). The summed E-state index contributed by atoms with van der Waals surface area (Å²) in [4.78, 5) is 11.5. The zero-order valence-electron chi connectivity index (χ0n) is 11.4. The number of rotatable bonds is 4. The largest absolute Gasteiger partial charge is 0.479 e. The Bertz CT molecular complexity index is 640. The fourth-order valence-electron chi connectivity index (χ4n) is 2.03. The topological polar surface area (TPSA) is 49.3 Å². The van der Waals surface area contributed by atoms with Crippen LogP contribution in [0.3, 0.4) is 0 Å². The highest BCUT2D eigenvalue weighted by Crippen LogP contribution is 2.24. The van der Waals surface area contributed by atoms with E-state index in [4.69, 9.17) is 0 Å². The van der Waals surface area contributed by atoms with Gasteiger partial charge in [0.05, 0.1) is 0 Å². The average molecular weight is 273 g/mol. The quantitative estimate of drug-likeness (QED) is 0.893. The van der Waals surface area contributed by atoms with Gasteiger partial charge in [-0.05, 0) is 42.7 Å². The number of carboxylic acid groups (broad SMARTS) is 1. The molecule has 0 aliphatic rings. The lowest BCUT2D eigenvalue weighted by Gasteiger charge is -2.18. The van der Waals surface area contributed by atoms with E-state index in [0.717, 1.165) is 11.3 Å². The number of anilines is 1. The van der Waals surface area contributed by atoms with Gasteiger partial charge in [0.15, 0.2) is 6.04 Å². The van der Waals surface area contributed by atoms with Crippen LogP contribution in [0.1, 0.15) is 22.7 Å². The predicted octanol–water partition coefficient (Wildman–Crippen LogP) is 3.68. The number of benzene rings is 2. The molecule has 3 nitrogen and oxygen atoms in total. The number of halogens is 1. The molecule has 0 radical (unpaired) electrons. The smallest absolute Gasteiger partial charge is 0.330 e. The second-order valence-electron chi connectivity index (χ2n) is 4.74. The van der Waals surface area contributed by atoms with Gasteiger partial charge >= 0.3 is 5.97 Å². The molecular formula is C16H16FNO2. The first-order chi connectivity index (χ1) is 9.49. The summed E-state index contributed by atoms with van der Waals surface area (Å²) >= 11 is 0. The van der Waals surface area contributed by atoms with E-state index in [2.05, 4.69) is 5.32 Å². The number of hydrogen-bond donors (Lipinski definition) is 2. The summed E-state index contributed by atoms with van der Waals surface area (Å²) in [6, 6.07) is 10.9. The van der Waals surface area contributed by atoms with Gasteiger partial charge in [-0.25, -0.2) is 9.18 Å². The van der Waals surface area contributed by atoms with Gasteiger partial charge in [-0.15, -0.1) is 0 Å². The van der Waals surface area contributed by atoms with E-state index in [-0.39, 0.29) is 5.82 Å². The van der Waals surface area contributed by atoms with Crippen molar-refractivity contribution < 1.29 is 14.3 Å². The van der Waals surface area contributed by atoms with Crippen LogP contribution in [-0.2, 0) is 4.79 Å². The van der Waals surface area contributed by atoms with E-state index < -0.39 is 12.0 Å². The van der Waals surface area contributed by atoms with Crippen molar-refractivity contribution in [2.45, 2.75) is 19.9 Å². The maximum absolute atomic E-state index is 13.3. The number of hydrogen-bond acceptors (Lipinski definition) is 2. The zero-order chi connectivity index (χ0) is 14.7. The third-order valence-electron chi connectivity index (χ3n) is 3.21. The molecule has 2 N–H and O–H groups in total. The molecule has 0 heterocycles. The summed E-state index contributed by atoms with van der Waals surface area (Å²) in [6.45, 7) is 3.52. The zero-order valence-corrected chi connectivity index (χ0v) is 11.4. The SMILES string of the molecule is Cc1cc(C(Nc2ccccc2C)C(=O)O)ccc1F. The summed E-state index contributed by atoms with van der Waals surface area (Å²) in [5.41, 5.74) is 2.67. The second-order valence-corrected chi connectivity index (χ2v) is 4.74. The molecule has 1 unspecified atom stereocenters. The molecule has 0 saturated heterocycles. The molecule has 0 aliphatic heterocycles. The van der Waals surface area contributed by atoms with Gasteiger partial charge in [0.2, 0.25) is 0 Å². The molecule has 1 atom stereocenters. The fraction of sp³-hybridized carbons (Fsp3) is 0.188. The second kappa shape index (κ2) is 5.74. The Balaban J connectivity index is 2.34. The lowest BCUT2D eigenvalue weighted by atomic mass is 10.0. The highest BCUT2D eigenvalue weighted by molar-refractivity contribution is 5.79. The Hall–Kier alpha value is -2.36. The van der Waals surface area contributed by atoms with Crippen molar-refractivity contribution in [1.29, 1.82) is 0 Å². The van der Waals surface area contributed by atoms with Crippen LogP contribution in [0.25, 0.3) is 0 Å². The molecule has 0 bridgehead atoms. The van der Waals surface area contributed by atoms with Gasteiger partial charge in [-0.3, -0.25) is 0 Å². The number of aryl methyl sites for hydroxylation is 2. The minimum Gasteiger partial charge on any atom is -0.479 e. The van der Waals surface area contributed by atoms with Crippen molar-refractivity contribution in [3.8, 4) is 0 Å². The Morgan fingerprint density at radius 3 is 2.45 bits per heavy atom. The molecule has 2 aromatic carbocycles. The van der Waals surface area contributed by atoms with Crippen LogP contribution in [0, 0.1) is 19.7 Å². The first kappa shape index (κ1) is 14.1. The predicted molar refractivity (Wildman–Crippen MR) is 76.3 cm³/mol. The monoisotopic (exact) mass is 273 g/mol. The molecule has 0 saturated carbocycles. The Morgan fingerprint density at radius 2 is 1.85 bits per heavy atom. The van der Waals surface area contributed by atoms with E-state index >= 15 is 0 Å². The van der Waals surface area contributed by atoms with Crippen molar-refractivity contribution in [3.05, 3.63) is 65.0 Å². The van der Waals surface area contributed by atoms with Crippen molar-refractivity contribution >= 4 is 11.7 Å². The van der Waals surface area contributed by atoms with E-state index in [9.17, 15) is 14.3 Å². The Labute approximate surface area is 117 Å². The fourth-order valence-corrected chi connectivity index (χ4v) is 2.03. The molecule has 2 aromatic rings. The van der Waals surface area contributed by atoms with Crippen LogP contribution < -0.4 is 5.32 Å². The van der Waals surface area contributed by atoms with Gasteiger partial charge in [-0.2, -0.15) is 0 Å².